The van der Waals surface area contributed by atoms with Crippen LogP contribution in [0.25, 0.3) is 10.9 Å². The highest BCUT2D eigenvalue weighted by Gasteiger charge is 2.43. The van der Waals surface area contributed by atoms with Gasteiger partial charge in [-0.05, 0) is 56.3 Å². The Morgan fingerprint density at radius 3 is 3.04 bits per heavy atom. The molecule has 0 saturated carbocycles. The van der Waals surface area contributed by atoms with E-state index in [1.54, 1.807) is 5.56 Å². The van der Waals surface area contributed by atoms with Crippen LogP contribution in [0.15, 0.2) is 24.3 Å². The largest absolute Gasteiger partial charge is 0.368 e. The summed E-state index contributed by atoms with van der Waals surface area (Å²) in [7, 11) is 0. The maximum atomic E-state index is 6.45. The van der Waals surface area contributed by atoms with E-state index in [2.05, 4.69) is 48.0 Å². The molecule has 3 heteroatoms. The van der Waals surface area contributed by atoms with Crippen LogP contribution in [-0.2, 0) is 23.3 Å². The number of ether oxygens (including phenoxy) is 1. The van der Waals surface area contributed by atoms with Crippen molar-refractivity contribution < 1.29 is 4.74 Å². The number of hydrogen-bond acceptors (Lipinski definition) is 2. The summed E-state index contributed by atoms with van der Waals surface area (Å²) in [5.74, 6) is 0.702. The molecule has 4 rings (SSSR count). The molecule has 1 aromatic carbocycles. The summed E-state index contributed by atoms with van der Waals surface area (Å²) in [5.41, 5.74) is 4.38. The highest BCUT2D eigenvalue weighted by molar-refractivity contribution is 5.86. The zero-order valence-electron chi connectivity index (χ0n) is 14.4. The van der Waals surface area contributed by atoms with Gasteiger partial charge in [0.2, 0.25) is 0 Å². The molecule has 3 nitrogen and oxygen atoms in total. The van der Waals surface area contributed by atoms with Crippen LogP contribution in [0, 0.1) is 5.92 Å². The van der Waals surface area contributed by atoms with Gasteiger partial charge in [0.25, 0.3) is 0 Å². The first-order chi connectivity index (χ1) is 11.2. The monoisotopic (exact) mass is 312 g/mol. The summed E-state index contributed by atoms with van der Waals surface area (Å²) < 4.78 is 9.00. The minimum Gasteiger partial charge on any atom is -0.368 e. The second kappa shape index (κ2) is 5.95. The maximum absolute atomic E-state index is 6.45. The molecule has 23 heavy (non-hydrogen) atoms. The van der Waals surface area contributed by atoms with Gasteiger partial charge >= 0.3 is 0 Å². The van der Waals surface area contributed by atoms with Crippen LogP contribution in [0.2, 0.25) is 0 Å². The number of para-hydroxylation sites is 1. The number of aromatic nitrogens is 1. The molecule has 1 atom stereocenters. The van der Waals surface area contributed by atoms with Gasteiger partial charge in [0.1, 0.15) is 5.60 Å². The van der Waals surface area contributed by atoms with Crippen LogP contribution >= 0.6 is 0 Å². The third-order valence-electron chi connectivity index (χ3n) is 5.46. The van der Waals surface area contributed by atoms with Crippen molar-refractivity contribution in [1.29, 1.82) is 0 Å². The zero-order chi connectivity index (χ0) is 15.9. The topological polar surface area (TPSA) is 26.2 Å². The Bertz CT molecular complexity index is 654. The molecule has 0 fully saturated rings. The van der Waals surface area contributed by atoms with Crippen molar-refractivity contribution in [2.24, 2.45) is 5.92 Å². The first-order valence-corrected chi connectivity index (χ1v) is 9.16. The summed E-state index contributed by atoms with van der Waals surface area (Å²) in [6.07, 6.45) is 4.53. The van der Waals surface area contributed by atoms with Crippen molar-refractivity contribution in [3.63, 3.8) is 0 Å². The van der Waals surface area contributed by atoms with Gasteiger partial charge in [-0.25, -0.2) is 0 Å². The lowest BCUT2D eigenvalue weighted by atomic mass is 9.82. The van der Waals surface area contributed by atoms with Gasteiger partial charge in [-0.3, -0.25) is 0 Å². The molecular formula is C20H28N2O. The minimum absolute atomic E-state index is 0.0607. The average molecular weight is 312 g/mol. The first kappa shape index (κ1) is 15.2. The Hall–Kier alpha value is -1.32. The fourth-order valence-electron chi connectivity index (χ4n) is 4.51. The van der Waals surface area contributed by atoms with Gasteiger partial charge < -0.3 is 14.6 Å². The van der Waals surface area contributed by atoms with Gasteiger partial charge in [-0.2, -0.15) is 0 Å². The van der Waals surface area contributed by atoms with E-state index in [4.69, 9.17) is 4.74 Å². The molecule has 0 aliphatic carbocycles. The third-order valence-corrected chi connectivity index (χ3v) is 5.46. The fourth-order valence-corrected chi connectivity index (χ4v) is 4.51. The lowest BCUT2D eigenvalue weighted by Crippen LogP contribution is -2.42. The summed E-state index contributed by atoms with van der Waals surface area (Å²) in [6, 6.07) is 8.91. The number of nitrogens with zero attached hydrogens (tertiary/aromatic N) is 1. The standard InChI is InChI=1S/C20H28N2O/c1-15(2)14-21-11-10-20-9-5-12-22-18-7-4-3-6-16(18)17(19(20)22)8-13-23-20/h3-4,6-7,15,21H,5,8-14H2,1-2H3. The SMILES string of the molecule is CC(C)CNCCC12CCCn3c1c(c1ccccc13)CCO2. The smallest absolute Gasteiger partial charge is 0.110 e. The number of nitrogens with one attached hydrogen (secondary N) is 1. The van der Waals surface area contributed by atoms with E-state index in [-0.39, 0.29) is 5.60 Å². The van der Waals surface area contributed by atoms with Crippen molar-refractivity contribution in [3.8, 4) is 0 Å². The van der Waals surface area contributed by atoms with Gasteiger partial charge in [0, 0.05) is 17.4 Å². The van der Waals surface area contributed by atoms with Crippen molar-refractivity contribution in [2.45, 2.75) is 51.7 Å². The number of benzene rings is 1. The van der Waals surface area contributed by atoms with Crippen LogP contribution in [-0.4, -0.2) is 24.3 Å². The molecule has 3 heterocycles. The van der Waals surface area contributed by atoms with E-state index in [1.165, 1.54) is 29.4 Å². The van der Waals surface area contributed by atoms with Gasteiger partial charge in [0.05, 0.1) is 12.3 Å². The number of rotatable bonds is 5. The van der Waals surface area contributed by atoms with Gasteiger partial charge in [-0.1, -0.05) is 32.0 Å². The number of fused-ring (bicyclic) bond motifs is 3. The number of aryl methyl sites for hydroxylation is 1. The Labute approximate surface area is 139 Å². The summed E-state index contributed by atoms with van der Waals surface area (Å²) in [5, 5.41) is 5.06. The lowest BCUT2D eigenvalue weighted by Gasteiger charge is -2.42. The predicted octanol–water partition coefficient (Wildman–Crippen LogP) is 3.84. The van der Waals surface area contributed by atoms with Crippen LogP contribution in [0.1, 0.15) is 44.4 Å². The molecule has 0 radical (unpaired) electrons. The fraction of sp³-hybridized carbons (Fsp3) is 0.600. The number of hydrogen-bond donors (Lipinski definition) is 1. The Morgan fingerprint density at radius 1 is 1.30 bits per heavy atom. The zero-order valence-corrected chi connectivity index (χ0v) is 14.4. The third kappa shape index (κ3) is 2.50. The molecule has 0 saturated heterocycles. The Balaban J connectivity index is 1.70. The quantitative estimate of drug-likeness (QED) is 0.849. The van der Waals surface area contributed by atoms with Crippen molar-refractivity contribution >= 4 is 10.9 Å². The van der Waals surface area contributed by atoms with Crippen LogP contribution < -0.4 is 5.32 Å². The maximum Gasteiger partial charge on any atom is 0.110 e. The van der Waals surface area contributed by atoms with Crippen LogP contribution in [0.5, 0.6) is 0 Å². The van der Waals surface area contributed by atoms with Crippen LogP contribution in [0.3, 0.4) is 0 Å². The van der Waals surface area contributed by atoms with Crippen molar-refractivity contribution in [1.82, 2.24) is 9.88 Å². The molecule has 0 spiro atoms. The summed E-state index contributed by atoms with van der Waals surface area (Å²) >= 11 is 0. The second-order valence-electron chi connectivity index (χ2n) is 7.54. The minimum atomic E-state index is -0.0607. The van der Waals surface area contributed by atoms with Crippen LogP contribution in [0.4, 0.5) is 0 Å². The van der Waals surface area contributed by atoms with Crippen molar-refractivity contribution in [2.75, 3.05) is 19.7 Å². The Kier molecular flexibility index (Phi) is 3.94. The van der Waals surface area contributed by atoms with Crippen molar-refractivity contribution in [3.05, 3.63) is 35.5 Å². The normalized spacial score (nSPS) is 23.4. The molecule has 2 aliphatic heterocycles. The van der Waals surface area contributed by atoms with E-state index in [9.17, 15) is 0 Å². The first-order valence-electron chi connectivity index (χ1n) is 9.16. The van der Waals surface area contributed by atoms with E-state index < -0.39 is 0 Å². The van der Waals surface area contributed by atoms with E-state index in [1.807, 2.05) is 0 Å². The summed E-state index contributed by atoms with van der Waals surface area (Å²) in [6.45, 7) is 8.66. The average Bonchev–Trinajstić information content (AvgIpc) is 2.89. The Morgan fingerprint density at radius 2 is 2.17 bits per heavy atom. The molecule has 124 valence electrons. The molecule has 1 N–H and O–H groups in total. The van der Waals surface area contributed by atoms with E-state index >= 15 is 0 Å². The molecule has 2 aromatic rings. The molecule has 1 unspecified atom stereocenters. The second-order valence-corrected chi connectivity index (χ2v) is 7.54. The molecule has 0 bridgehead atoms. The molecule has 0 amide bonds. The lowest BCUT2D eigenvalue weighted by molar-refractivity contribution is -0.0860. The summed E-state index contributed by atoms with van der Waals surface area (Å²) in [4.78, 5) is 0. The van der Waals surface area contributed by atoms with E-state index in [0.717, 1.165) is 39.1 Å². The molecular weight excluding hydrogens is 284 g/mol. The van der Waals surface area contributed by atoms with Gasteiger partial charge in [0.15, 0.2) is 0 Å². The highest BCUT2D eigenvalue weighted by Crippen LogP contribution is 2.46. The molecule has 1 aromatic heterocycles. The van der Waals surface area contributed by atoms with Gasteiger partial charge in [-0.15, -0.1) is 0 Å². The molecule has 2 aliphatic rings. The highest BCUT2D eigenvalue weighted by atomic mass is 16.5. The van der Waals surface area contributed by atoms with E-state index in [0.29, 0.717) is 5.92 Å². The predicted molar refractivity (Wildman–Crippen MR) is 94.8 cm³/mol.